The Bertz CT molecular complexity index is 354. The number of hydrogen-bond acceptors (Lipinski definition) is 4. The summed E-state index contributed by atoms with van der Waals surface area (Å²) in [5.74, 6) is -0.0463. The van der Waals surface area contributed by atoms with Gasteiger partial charge >= 0.3 is 6.01 Å². The summed E-state index contributed by atoms with van der Waals surface area (Å²) in [4.78, 5) is 19.4. The molecule has 0 aromatic carbocycles. The topological polar surface area (TPSA) is 64.1 Å². The van der Waals surface area contributed by atoms with Crippen LogP contribution >= 0.6 is 0 Å². The lowest BCUT2D eigenvalue weighted by Gasteiger charge is -2.10. The Kier molecular flexibility index (Phi) is 3.60. The maximum absolute atomic E-state index is 11.2. The van der Waals surface area contributed by atoms with E-state index in [1.807, 2.05) is 13.8 Å². The Morgan fingerprint density at radius 2 is 1.87 bits per heavy atom. The largest absolute Gasteiger partial charge is 0.467 e. The van der Waals surface area contributed by atoms with E-state index in [9.17, 15) is 4.79 Å². The van der Waals surface area contributed by atoms with Crippen molar-refractivity contribution in [3.63, 3.8) is 0 Å². The molecular weight excluding hydrogens is 194 g/mol. The number of carbonyl (C=O) groups excluding carboxylic acids is 1. The molecule has 0 radical (unpaired) electrons. The summed E-state index contributed by atoms with van der Waals surface area (Å²) in [7, 11) is 1.51. The van der Waals surface area contributed by atoms with Crippen LogP contribution in [0.4, 0.5) is 5.69 Å². The molecule has 15 heavy (non-hydrogen) atoms. The van der Waals surface area contributed by atoms with Gasteiger partial charge in [-0.15, -0.1) is 0 Å². The SMILES string of the molecule is CCC(=O)Nc1c(C)nc(OC)nc1C. The third-order valence-corrected chi connectivity index (χ3v) is 2.02. The maximum atomic E-state index is 11.2. The van der Waals surface area contributed by atoms with E-state index in [-0.39, 0.29) is 5.91 Å². The molecule has 0 fully saturated rings. The van der Waals surface area contributed by atoms with Crippen molar-refractivity contribution < 1.29 is 9.53 Å². The van der Waals surface area contributed by atoms with Gasteiger partial charge in [0.25, 0.3) is 0 Å². The van der Waals surface area contributed by atoms with Crippen molar-refractivity contribution >= 4 is 11.6 Å². The highest BCUT2D eigenvalue weighted by atomic mass is 16.5. The lowest BCUT2D eigenvalue weighted by molar-refractivity contribution is -0.115. The minimum Gasteiger partial charge on any atom is -0.467 e. The van der Waals surface area contributed by atoms with E-state index in [0.29, 0.717) is 29.5 Å². The van der Waals surface area contributed by atoms with E-state index >= 15 is 0 Å². The average Bonchev–Trinajstić information content (AvgIpc) is 2.22. The third kappa shape index (κ3) is 2.65. The number of aryl methyl sites for hydroxylation is 2. The number of rotatable bonds is 3. The van der Waals surface area contributed by atoms with Crippen LogP contribution in [0.15, 0.2) is 0 Å². The van der Waals surface area contributed by atoms with Gasteiger partial charge in [0.2, 0.25) is 5.91 Å². The van der Waals surface area contributed by atoms with Gasteiger partial charge < -0.3 is 10.1 Å². The van der Waals surface area contributed by atoms with Gasteiger partial charge in [-0.1, -0.05) is 6.92 Å². The second kappa shape index (κ2) is 4.72. The Labute approximate surface area is 88.9 Å². The molecule has 5 heteroatoms. The highest BCUT2D eigenvalue weighted by molar-refractivity contribution is 5.91. The molecule has 82 valence electrons. The Morgan fingerprint density at radius 1 is 1.33 bits per heavy atom. The minimum atomic E-state index is -0.0463. The molecule has 0 bridgehead atoms. The summed E-state index contributed by atoms with van der Waals surface area (Å²) in [6.07, 6.45) is 0.435. The quantitative estimate of drug-likeness (QED) is 0.818. The van der Waals surface area contributed by atoms with Crippen LogP contribution in [0.2, 0.25) is 0 Å². The van der Waals surface area contributed by atoms with Crippen LogP contribution < -0.4 is 10.1 Å². The molecule has 0 aliphatic carbocycles. The molecule has 0 saturated heterocycles. The molecular formula is C10H15N3O2. The van der Waals surface area contributed by atoms with Gasteiger partial charge in [0, 0.05) is 6.42 Å². The number of methoxy groups -OCH3 is 1. The van der Waals surface area contributed by atoms with E-state index < -0.39 is 0 Å². The smallest absolute Gasteiger partial charge is 0.316 e. The lowest BCUT2D eigenvalue weighted by atomic mass is 10.2. The molecule has 0 spiro atoms. The molecule has 1 N–H and O–H groups in total. The molecule has 0 aliphatic heterocycles. The zero-order valence-corrected chi connectivity index (χ0v) is 9.42. The molecule has 5 nitrogen and oxygen atoms in total. The second-order valence-electron chi connectivity index (χ2n) is 3.16. The van der Waals surface area contributed by atoms with Gasteiger partial charge in [-0.05, 0) is 13.8 Å². The van der Waals surface area contributed by atoms with Crippen LogP contribution in [0.25, 0.3) is 0 Å². The Hall–Kier alpha value is -1.65. The molecule has 1 amide bonds. The summed E-state index contributed by atoms with van der Waals surface area (Å²) in [5.41, 5.74) is 2.09. The zero-order chi connectivity index (χ0) is 11.4. The average molecular weight is 209 g/mol. The number of hydrogen-bond donors (Lipinski definition) is 1. The van der Waals surface area contributed by atoms with Gasteiger partial charge in [-0.3, -0.25) is 4.79 Å². The third-order valence-electron chi connectivity index (χ3n) is 2.02. The summed E-state index contributed by atoms with van der Waals surface area (Å²) in [6.45, 7) is 5.41. The number of anilines is 1. The molecule has 0 unspecified atom stereocenters. The molecule has 1 heterocycles. The molecule has 1 aromatic rings. The lowest BCUT2D eigenvalue weighted by Crippen LogP contribution is -2.13. The van der Waals surface area contributed by atoms with Crippen LogP contribution in [0.1, 0.15) is 24.7 Å². The van der Waals surface area contributed by atoms with Crippen molar-refractivity contribution in [2.24, 2.45) is 0 Å². The van der Waals surface area contributed by atoms with E-state index in [1.54, 1.807) is 6.92 Å². The Morgan fingerprint density at radius 3 is 2.27 bits per heavy atom. The molecule has 1 rings (SSSR count). The van der Waals surface area contributed by atoms with Crippen molar-refractivity contribution in [1.82, 2.24) is 9.97 Å². The molecule has 0 atom stereocenters. The van der Waals surface area contributed by atoms with Gasteiger partial charge in [0.1, 0.15) is 0 Å². The normalized spacial score (nSPS) is 9.87. The van der Waals surface area contributed by atoms with Crippen molar-refractivity contribution in [1.29, 1.82) is 0 Å². The van der Waals surface area contributed by atoms with E-state index in [4.69, 9.17) is 4.74 Å². The van der Waals surface area contributed by atoms with E-state index in [0.717, 1.165) is 0 Å². The number of carbonyl (C=O) groups is 1. The minimum absolute atomic E-state index is 0.0463. The molecule has 1 aromatic heterocycles. The van der Waals surface area contributed by atoms with E-state index in [2.05, 4.69) is 15.3 Å². The first-order valence-corrected chi connectivity index (χ1v) is 4.77. The zero-order valence-electron chi connectivity index (χ0n) is 9.42. The number of nitrogens with one attached hydrogen (secondary N) is 1. The van der Waals surface area contributed by atoms with Crippen LogP contribution in [-0.4, -0.2) is 23.0 Å². The van der Waals surface area contributed by atoms with E-state index in [1.165, 1.54) is 7.11 Å². The summed E-state index contributed by atoms with van der Waals surface area (Å²) >= 11 is 0. The monoisotopic (exact) mass is 209 g/mol. The highest BCUT2D eigenvalue weighted by Gasteiger charge is 2.10. The van der Waals surface area contributed by atoms with Crippen LogP contribution in [0, 0.1) is 13.8 Å². The standard InChI is InChI=1S/C10H15N3O2/c1-5-8(14)13-9-6(2)11-10(15-4)12-7(9)3/h5H2,1-4H3,(H,13,14). The molecule has 0 aliphatic rings. The fourth-order valence-electron chi connectivity index (χ4n) is 1.19. The van der Waals surface area contributed by atoms with Crippen molar-refractivity contribution in [3.05, 3.63) is 11.4 Å². The number of amides is 1. The first-order chi connectivity index (χ1) is 7.08. The first kappa shape index (κ1) is 11.4. The molecule has 0 saturated carbocycles. The second-order valence-corrected chi connectivity index (χ2v) is 3.16. The first-order valence-electron chi connectivity index (χ1n) is 4.77. The summed E-state index contributed by atoms with van der Waals surface area (Å²) in [6, 6.07) is 0.319. The Balaban J connectivity index is 3.03. The predicted molar refractivity (Wildman–Crippen MR) is 57.0 cm³/mol. The van der Waals surface area contributed by atoms with Crippen molar-refractivity contribution in [2.45, 2.75) is 27.2 Å². The fourth-order valence-corrected chi connectivity index (χ4v) is 1.19. The van der Waals surface area contributed by atoms with Gasteiger partial charge in [-0.2, -0.15) is 9.97 Å². The van der Waals surface area contributed by atoms with Gasteiger partial charge in [0.05, 0.1) is 24.2 Å². The van der Waals surface area contributed by atoms with Crippen molar-refractivity contribution in [3.8, 4) is 6.01 Å². The van der Waals surface area contributed by atoms with Gasteiger partial charge in [0.15, 0.2) is 0 Å². The van der Waals surface area contributed by atoms with Crippen LogP contribution in [-0.2, 0) is 4.79 Å². The van der Waals surface area contributed by atoms with Crippen LogP contribution in [0.5, 0.6) is 6.01 Å². The number of nitrogens with zero attached hydrogens (tertiary/aromatic N) is 2. The fraction of sp³-hybridized carbons (Fsp3) is 0.500. The number of ether oxygens (including phenoxy) is 1. The number of aromatic nitrogens is 2. The maximum Gasteiger partial charge on any atom is 0.316 e. The van der Waals surface area contributed by atoms with Crippen molar-refractivity contribution in [2.75, 3.05) is 12.4 Å². The van der Waals surface area contributed by atoms with Gasteiger partial charge in [-0.25, -0.2) is 0 Å². The summed E-state index contributed by atoms with van der Waals surface area (Å²) in [5, 5.41) is 2.76. The highest BCUT2D eigenvalue weighted by Crippen LogP contribution is 2.19. The summed E-state index contributed by atoms with van der Waals surface area (Å²) < 4.78 is 4.93. The van der Waals surface area contributed by atoms with Crippen LogP contribution in [0.3, 0.4) is 0 Å². The predicted octanol–water partition coefficient (Wildman–Crippen LogP) is 1.45.